The Bertz CT molecular complexity index is 1100. The molecule has 0 saturated heterocycles. The molecule has 3 rings (SSSR count). The molecule has 0 aliphatic heterocycles. The number of amides is 1. The van der Waals surface area contributed by atoms with Crippen molar-refractivity contribution in [1.29, 1.82) is 0 Å². The van der Waals surface area contributed by atoms with Crippen LogP contribution in [-0.2, 0) is 0 Å². The van der Waals surface area contributed by atoms with Crippen molar-refractivity contribution in [3.05, 3.63) is 97.4 Å². The maximum absolute atomic E-state index is 12.4. The minimum atomic E-state index is -0.592. The zero-order chi connectivity index (χ0) is 20.8. The van der Waals surface area contributed by atoms with Crippen molar-refractivity contribution < 1.29 is 14.3 Å². The molecule has 0 fully saturated rings. The molecule has 146 valence electrons. The number of hydrogen-bond acceptors (Lipinski definition) is 4. The molecule has 3 aromatic rings. The minimum absolute atomic E-state index is 0.253. The molecule has 0 aliphatic carbocycles. The molecule has 0 spiro atoms. The van der Waals surface area contributed by atoms with E-state index in [-0.39, 0.29) is 17.2 Å². The average molecular weight is 537 g/mol. The van der Waals surface area contributed by atoms with Crippen molar-refractivity contribution in [1.82, 2.24) is 5.43 Å². The first-order valence-corrected chi connectivity index (χ1v) is 10.3. The Balaban J connectivity index is 1.76. The highest BCUT2D eigenvalue weighted by Gasteiger charge is 2.14. The molecule has 0 radical (unpaired) electrons. The van der Waals surface area contributed by atoms with Gasteiger partial charge in [-0.2, -0.15) is 5.10 Å². The zero-order valence-electron chi connectivity index (χ0n) is 14.7. The van der Waals surface area contributed by atoms with E-state index < -0.39 is 5.97 Å². The van der Waals surface area contributed by atoms with Gasteiger partial charge in [-0.05, 0) is 48.5 Å². The summed E-state index contributed by atoms with van der Waals surface area (Å²) >= 11 is 12.7. The summed E-state index contributed by atoms with van der Waals surface area (Å²) in [5.41, 5.74) is 3.65. The van der Waals surface area contributed by atoms with Crippen LogP contribution in [0.5, 0.6) is 5.75 Å². The summed E-state index contributed by atoms with van der Waals surface area (Å²) < 4.78 is 7.02. The molecule has 1 N–H and O–H groups in total. The van der Waals surface area contributed by atoms with Crippen LogP contribution >= 0.6 is 43.5 Å². The minimum Gasteiger partial charge on any atom is -0.422 e. The standard InChI is InChI=1S/C21H13Br2ClN2O3/c22-15-5-3-4-13(10-15)20(27)26-25-12-14-11-16(23)8-9-19(14)29-21(28)17-6-1-2-7-18(17)24/h1-12H,(H,26,27)/b25-12+. The Morgan fingerprint density at radius 3 is 2.48 bits per heavy atom. The molecular weight excluding hydrogens is 524 g/mol. The largest absolute Gasteiger partial charge is 0.422 e. The van der Waals surface area contributed by atoms with Gasteiger partial charge in [0.25, 0.3) is 5.91 Å². The van der Waals surface area contributed by atoms with Gasteiger partial charge in [0.2, 0.25) is 0 Å². The van der Waals surface area contributed by atoms with Crippen molar-refractivity contribution in [3.63, 3.8) is 0 Å². The molecule has 29 heavy (non-hydrogen) atoms. The molecule has 0 unspecified atom stereocenters. The van der Waals surface area contributed by atoms with Crippen molar-refractivity contribution in [2.45, 2.75) is 0 Å². The van der Waals surface area contributed by atoms with Gasteiger partial charge < -0.3 is 4.74 Å². The fraction of sp³-hybridized carbons (Fsp3) is 0. The maximum atomic E-state index is 12.4. The van der Waals surface area contributed by atoms with Gasteiger partial charge in [-0.15, -0.1) is 0 Å². The topological polar surface area (TPSA) is 67.8 Å². The fourth-order valence-electron chi connectivity index (χ4n) is 2.35. The van der Waals surface area contributed by atoms with Crippen molar-refractivity contribution in [2.24, 2.45) is 5.10 Å². The number of nitrogens with one attached hydrogen (secondary N) is 1. The quantitative estimate of drug-likeness (QED) is 0.193. The van der Waals surface area contributed by atoms with E-state index in [2.05, 4.69) is 42.4 Å². The molecule has 3 aromatic carbocycles. The van der Waals surface area contributed by atoms with Crippen LogP contribution in [0.4, 0.5) is 0 Å². The first kappa shape index (κ1) is 21.2. The van der Waals surface area contributed by atoms with Crippen LogP contribution in [0.25, 0.3) is 0 Å². The molecule has 0 saturated carbocycles. The summed E-state index contributed by atoms with van der Waals surface area (Å²) in [6.45, 7) is 0. The predicted octanol–water partition coefficient (Wildman–Crippen LogP) is 5.85. The van der Waals surface area contributed by atoms with Crippen molar-refractivity contribution in [3.8, 4) is 5.75 Å². The molecule has 0 bridgehead atoms. The van der Waals surface area contributed by atoms with Gasteiger partial charge in [0.15, 0.2) is 0 Å². The smallest absolute Gasteiger partial charge is 0.345 e. The summed E-state index contributed by atoms with van der Waals surface area (Å²) in [6.07, 6.45) is 1.40. The number of nitrogens with zero attached hydrogens (tertiary/aromatic N) is 1. The van der Waals surface area contributed by atoms with Gasteiger partial charge in [0, 0.05) is 20.1 Å². The summed E-state index contributed by atoms with van der Waals surface area (Å²) in [5, 5.41) is 4.27. The molecule has 0 aromatic heterocycles. The second-order valence-corrected chi connectivity index (χ2v) is 8.00. The first-order valence-electron chi connectivity index (χ1n) is 8.29. The van der Waals surface area contributed by atoms with Gasteiger partial charge in [-0.3, -0.25) is 4.79 Å². The van der Waals surface area contributed by atoms with Crippen molar-refractivity contribution in [2.75, 3.05) is 0 Å². The fourth-order valence-corrected chi connectivity index (χ4v) is 3.34. The number of hydrogen-bond donors (Lipinski definition) is 1. The summed E-state index contributed by atoms with van der Waals surface area (Å²) in [5.74, 6) is -0.684. The van der Waals surface area contributed by atoms with E-state index in [1.807, 2.05) is 6.07 Å². The Kier molecular flexibility index (Phi) is 7.19. The van der Waals surface area contributed by atoms with E-state index in [0.717, 1.165) is 8.95 Å². The summed E-state index contributed by atoms with van der Waals surface area (Å²) in [4.78, 5) is 24.6. The number of rotatable bonds is 5. The number of carbonyl (C=O) groups is 2. The highest BCUT2D eigenvalue weighted by Crippen LogP contribution is 2.24. The van der Waals surface area contributed by atoms with Gasteiger partial charge in [-0.1, -0.05) is 61.7 Å². The lowest BCUT2D eigenvalue weighted by Crippen LogP contribution is -2.17. The van der Waals surface area contributed by atoms with E-state index in [4.69, 9.17) is 16.3 Å². The zero-order valence-corrected chi connectivity index (χ0v) is 18.7. The molecule has 0 atom stereocenters. The SMILES string of the molecule is O=C(N/N=C/c1cc(Br)ccc1OC(=O)c1ccccc1Cl)c1cccc(Br)c1. The lowest BCUT2D eigenvalue weighted by Gasteiger charge is -2.09. The lowest BCUT2D eigenvalue weighted by atomic mass is 10.2. The van der Waals surface area contributed by atoms with Crippen molar-refractivity contribution >= 4 is 61.6 Å². The van der Waals surface area contributed by atoms with Crippen LogP contribution in [0.1, 0.15) is 26.3 Å². The Hall–Kier alpha value is -2.48. The van der Waals surface area contributed by atoms with Gasteiger partial charge >= 0.3 is 5.97 Å². The average Bonchev–Trinajstić information content (AvgIpc) is 2.70. The molecule has 8 heteroatoms. The van der Waals surface area contributed by atoms with E-state index in [1.54, 1.807) is 60.7 Å². The summed E-state index contributed by atoms with van der Waals surface area (Å²) in [6, 6.07) is 18.6. The monoisotopic (exact) mass is 534 g/mol. The van der Waals surface area contributed by atoms with Crippen LogP contribution in [-0.4, -0.2) is 18.1 Å². The Morgan fingerprint density at radius 1 is 0.966 bits per heavy atom. The Labute approximate surface area is 189 Å². The number of carbonyl (C=O) groups excluding carboxylic acids is 2. The second kappa shape index (κ2) is 9.82. The predicted molar refractivity (Wildman–Crippen MR) is 120 cm³/mol. The normalized spacial score (nSPS) is 10.7. The van der Waals surface area contributed by atoms with E-state index >= 15 is 0 Å². The third-order valence-electron chi connectivity index (χ3n) is 3.72. The summed E-state index contributed by atoms with van der Waals surface area (Å²) in [7, 11) is 0. The van der Waals surface area contributed by atoms with E-state index in [9.17, 15) is 9.59 Å². The highest BCUT2D eigenvalue weighted by atomic mass is 79.9. The van der Waals surface area contributed by atoms with Gasteiger partial charge in [0.05, 0.1) is 16.8 Å². The lowest BCUT2D eigenvalue weighted by molar-refractivity contribution is 0.0734. The van der Waals surface area contributed by atoms with Crippen LogP contribution in [0.3, 0.4) is 0 Å². The second-order valence-electron chi connectivity index (χ2n) is 5.76. The maximum Gasteiger partial charge on any atom is 0.345 e. The van der Waals surface area contributed by atoms with E-state index in [0.29, 0.717) is 16.1 Å². The van der Waals surface area contributed by atoms with Gasteiger partial charge in [0.1, 0.15) is 5.75 Å². The van der Waals surface area contributed by atoms with Gasteiger partial charge in [-0.25, -0.2) is 10.2 Å². The number of hydrazone groups is 1. The number of halogens is 3. The van der Waals surface area contributed by atoms with Crippen LogP contribution in [0.15, 0.2) is 80.8 Å². The molecule has 0 aliphatic rings. The molecular formula is C21H13Br2ClN2O3. The number of benzene rings is 3. The molecule has 5 nitrogen and oxygen atoms in total. The van der Waals surface area contributed by atoms with Crippen LogP contribution < -0.4 is 10.2 Å². The third-order valence-corrected chi connectivity index (χ3v) is 5.04. The van der Waals surface area contributed by atoms with Crippen LogP contribution in [0.2, 0.25) is 5.02 Å². The number of ether oxygens (including phenoxy) is 1. The Morgan fingerprint density at radius 2 is 1.72 bits per heavy atom. The number of esters is 1. The first-order chi connectivity index (χ1) is 13.9. The third kappa shape index (κ3) is 5.76. The van der Waals surface area contributed by atoms with Crippen LogP contribution in [0, 0.1) is 0 Å². The van der Waals surface area contributed by atoms with E-state index in [1.165, 1.54) is 6.21 Å². The highest BCUT2D eigenvalue weighted by molar-refractivity contribution is 9.10. The molecule has 1 amide bonds. The molecule has 0 heterocycles.